The second kappa shape index (κ2) is 2.19. The molecule has 0 aromatic rings. The van der Waals surface area contributed by atoms with E-state index >= 15 is 0 Å². The summed E-state index contributed by atoms with van der Waals surface area (Å²) in [7, 11) is 0. The molecule has 2 atom stereocenters. The number of rotatable bonds is 0. The molecule has 44 valence electrons. The minimum atomic E-state index is -0.348. The molecule has 1 heteroatoms. The summed E-state index contributed by atoms with van der Waals surface area (Å²) in [5, 5.41) is 8.91. The summed E-state index contributed by atoms with van der Waals surface area (Å²) in [6.45, 7) is 2.11. The third kappa shape index (κ3) is 1.24. The highest BCUT2D eigenvalue weighted by molar-refractivity contribution is 5.09. The smallest absolute Gasteiger partial charge is 0.115 e. The SMILES string of the molecule is CC1CC#CC(O)C1. The zero-order valence-corrected chi connectivity index (χ0v) is 5.02. The van der Waals surface area contributed by atoms with Crippen LogP contribution in [-0.4, -0.2) is 11.2 Å². The Morgan fingerprint density at radius 3 is 2.75 bits per heavy atom. The molecule has 0 amide bonds. The maximum Gasteiger partial charge on any atom is 0.115 e. The molecular weight excluding hydrogens is 100 g/mol. The van der Waals surface area contributed by atoms with E-state index in [4.69, 9.17) is 5.11 Å². The van der Waals surface area contributed by atoms with E-state index in [-0.39, 0.29) is 6.10 Å². The molecule has 2 unspecified atom stereocenters. The summed E-state index contributed by atoms with van der Waals surface area (Å²) in [5.74, 6) is 6.19. The molecule has 0 radical (unpaired) electrons. The normalized spacial score (nSPS) is 35.8. The van der Waals surface area contributed by atoms with Gasteiger partial charge in [-0.25, -0.2) is 0 Å². The summed E-state index contributed by atoms with van der Waals surface area (Å²) in [6, 6.07) is 0. The van der Waals surface area contributed by atoms with Crippen LogP contribution in [0.2, 0.25) is 0 Å². The van der Waals surface area contributed by atoms with Crippen molar-refractivity contribution in [3.05, 3.63) is 0 Å². The number of aliphatic hydroxyl groups excluding tert-OH is 1. The van der Waals surface area contributed by atoms with Gasteiger partial charge in [-0.15, -0.1) is 5.92 Å². The maximum absolute atomic E-state index is 8.91. The lowest BCUT2D eigenvalue weighted by Crippen LogP contribution is -2.12. The molecule has 0 saturated heterocycles. The minimum absolute atomic E-state index is 0.348. The van der Waals surface area contributed by atoms with E-state index in [1.54, 1.807) is 0 Å². The van der Waals surface area contributed by atoms with Crippen LogP contribution in [0.5, 0.6) is 0 Å². The van der Waals surface area contributed by atoms with Crippen molar-refractivity contribution in [1.82, 2.24) is 0 Å². The first-order valence-electron chi connectivity index (χ1n) is 2.95. The quantitative estimate of drug-likeness (QED) is 0.457. The van der Waals surface area contributed by atoms with Crippen molar-refractivity contribution in [3.8, 4) is 11.8 Å². The van der Waals surface area contributed by atoms with Gasteiger partial charge in [0.15, 0.2) is 0 Å². The van der Waals surface area contributed by atoms with Crippen LogP contribution in [0.4, 0.5) is 0 Å². The minimum Gasteiger partial charge on any atom is -0.380 e. The molecule has 0 spiro atoms. The van der Waals surface area contributed by atoms with Crippen molar-refractivity contribution in [2.24, 2.45) is 5.92 Å². The molecule has 0 heterocycles. The average Bonchev–Trinajstić information content (AvgIpc) is 1.64. The molecule has 1 aliphatic carbocycles. The topological polar surface area (TPSA) is 20.2 Å². The Bertz CT molecular complexity index is 129. The first-order chi connectivity index (χ1) is 3.79. The van der Waals surface area contributed by atoms with Gasteiger partial charge in [0.2, 0.25) is 0 Å². The van der Waals surface area contributed by atoms with Crippen molar-refractivity contribution >= 4 is 0 Å². The third-order valence-corrected chi connectivity index (χ3v) is 1.34. The highest BCUT2D eigenvalue weighted by atomic mass is 16.3. The standard InChI is InChI=1S/C7H10O/c1-6-3-2-4-7(8)5-6/h6-8H,3,5H2,1H3. The van der Waals surface area contributed by atoms with Crippen LogP contribution in [0.3, 0.4) is 0 Å². The molecule has 1 N–H and O–H groups in total. The van der Waals surface area contributed by atoms with E-state index in [0.29, 0.717) is 5.92 Å². The molecule has 1 rings (SSSR count). The van der Waals surface area contributed by atoms with Crippen molar-refractivity contribution in [1.29, 1.82) is 0 Å². The van der Waals surface area contributed by atoms with Gasteiger partial charge in [0.05, 0.1) is 0 Å². The van der Waals surface area contributed by atoms with E-state index in [0.717, 1.165) is 12.8 Å². The van der Waals surface area contributed by atoms with Crippen LogP contribution in [0.1, 0.15) is 19.8 Å². The van der Waals surface area contributed by atoms with Crippen molar-refractivity contribution in [2.45, 2.75) is 25.9 Å². The van der Waals surface area contributed by atoms with Gasteiger partial charge in [-0.05, 0) is 12.3 Å². The van der Waals surface area contributed by atoms with Gasteiger partial charge in [-0.1, -0.05) is 12.8 Å². The zero-order valence-electron chi connectivity index (χ0n) is 5.02. The first kappa shape index (κ1) is 5.65. The van der Waals surface area contributed by atoms with Crippen LogP contribution in [-0.2, 0) is 0 Å². The Morgan fingerprint density at radius 1 is 1.62 bits per heavy atom. The van der Waals surface area contributed by atoms with Gasteiger partial charge in [0, 0.05) is 6.42 Å². The molecule has 0 aromatic heterocycles. The van der Waals surface area contributed by atoms with Gasteiger partial charge in [-0.3, -0.25) is 0 Å². The summed E-state index contributed by atoms with van der Waals surface area (Å²) in [6.07, 6.45) is 1.46. The Hall–Kier alpha value is -0.480. The molecule has 8 heavy (non-hydrogen) atoms. The van der Waals surface area contributed by atoms with E-state index < -0.39 is 0 Å². The molecular formula is C7H10O. The Labute approximate surface area is 49.7 Å². The molecule has 1 nitrogen and oxygen atoms in total. The fourth-order valence-electron chi connectivity index (χ4n) is 0.874. The number of aliphatic hydroxyl groups is 1. The van der Waals surface area contributed by atoms with Gasteiger partial charge < -0.3 is 5.11 Å². The largest absolute Gasteiger partial charge is 0.380 e. The van der Waals surface area contributed by atoms with Crippen LogP contribution in [0.25, 0.3) is 0 Å². The van der Waals surface area contributed by atoms with Crippen molar-refractivity contribution in [2.75, 3.05) is 0 Å². The molecule has 0 bridgehead atoms. The second-order valence-corrected chi connectivity index (χ2v) is 2.38. The molecule has 0 fully saturated rings. The average molecular weight is 110 g/mol. The monoisotopic (exact) mass is 110 g/mol. The van der Waals surface area contributed by atoms with Crippen molar-refractivity contribution < 1.29 is 5.11 Å². The maximum atomic E-state index is 8.91. The van der Waals surface area contributed by atoms with Gasteiger partial charge in [0.1, 0.15) is 6.10 Å². The van der Waals surface area contributed by atoms with E-state index in [2.05, 4.69) is 18.8 Å². The van der Waals surface area contributed by atoms with Crippen LogP contribution < -0.4 is 0 Å². The predicted octanol–water partition coefficient (Wildman–Crippen LogP) is 0.781. The highest BCUT2D eigenvalue weighted by Crippen LogP contribution is 2.12. The lowest BCUT2D eigenvalue weighted by Gasteiger charge is -2.12. The Morgan fingerprint density at radius 2 is 2.38 bits per heavy atom. The lowest BCUT2D eigenvalue weighted by molar-refractivity contribution is 0.196. The fourth-order valence-corrected chi connectivity index (χ4v) is 0.874. The zero-order chi connectivity index (χ0) is 5.98. The Kier molecular flexibility index (Phi) is 1.55. The Balaban J connectivity index is 2.49. The summed E-state index contributed by atoms with van der Waals surface area (Å²) in [4.78, 5) is 0. The van der Waals surface area contributed by atoms with Crippen molar-refractivity contribution in [3.63, 3.8) is 0 Å². The molecule has 0 aliphatic heterocycles. The van der Waals surface area contributed by atoms with Gasteiger partial charge >= 0.3 is 0 Å². The molecule has 0 aromatic carbocycles. The number of hydrogen-bond donors (Lipinski definition) is 1. The van der Waals surface area contributed by atoms with Crippen LogP contribution >= 0.6 is 0 Å². The highest BCUT2D eigenvalue weighted by Gasteiger charge is 2.09. The summed E-state index contributed by atoms with van der Waals surface area (Å²) in [5.41, 5.74) is 0. The fraction of sp³-hybridized carbons (Fsp3) is 0.714. The lowest BCUT2D eigenvalue weighted by atomic mass is 9.97. The van der Waals surface area contributed by atoms with Crippen LogP contribution in [0, 0.1) is 17.8 Å². The van der Waals surface area contributed by atoms with Gasteiger partial charge in [-0.2, -0.15) is 0 Å². The third-order valence-electron chi connectivity index (χ3n) is 1.34. The first-order valence-corrected chi connectivity index (χ1v) is 2.95. The summed E-state index contributed by atoms with van der Waals surface area (Å²) >= 11 is 0. The number of hydrogen-bond acceptors (Lipinski definition) is 1. The predicted molar refractivity (Wildman–Crippen MR) is 32.2 cm³/mol. The van der Waals surface area contributed by atoms with Crippen LogP contribution in [0.15, 0.2) is 0 Å². The second-order valence-electron chi connectivity index (χ2n) is 2.38. The summed E-state index contributed by atoms with van der Waals surface area (Å²) < 4.78 is 0. The van der Waals surface area contributed by atoms with E-state index in [1.165, 1.54) is 0 Å². The van der Waals surface area contributed by atoms with E-state index in [1.807, 2.05) is 0 Å². The van der Waals surface area contributed by atoms with Gasteiger partial charge in [0.25, 0.3) is 0 Å². The molecule has 1 aliphatic rings. The van der Waals surface area contributed by atoms with E-state index in [9.17, 15) is 0 Å². The molecule has 0 saturated carbocycles.